The minimum atomic E-state index is -0.266. The van der Waals surface area contributed by atoms with E-state index >= 15 is 0 Å². The van der Waals surface area contributed by atoms with Crippen molar-refractivity contribution in [2.75, 3.05) is 0 Å². The fourth-order valence-electron chi connectivity index (χ4n) is 3.00. The minimum absolute atomic E-state index is 0.0535. The molecule has 27 heavy (non-hydrogen) atoms. The highest BCUT2D eigenvalue weighted by Crippen LogP contribution is 2.32. The lowest BCUT2D eigenvalue weighted by Gasteiger charge is -2.22. The molecule has 0 atom stereocenters. The molecule has 6 heteroatoms. The Bertz CT molecular complexity index is 953. The maximum Gasteiger partial charge on any atom is 0.229 e. The van der Waals surface area contributed by atoms with E-state index in [-0.39, 0.29) is 24.2 Å². The van der Waals surface area contributed by atoms with Crippen molar-refractivity contribution in [3.05, 3.63) is 76.0 Å². The molecule has 1 amide bonds. The Hall–Kier alpha value is -2.24. The van der Waals surface area contributed by atoms with E-state index in [0.29, 0.717) is 11.6 Å². The Kier molecular flexibility index (Phi) is 5.23. The summed E-state index contributed by atoms with van der Waals surface area (Å²) < 4.78 is 13.1. The van der Waals surface area contributed by atoms with Crippen LogP contribution >= 0.6 is 22.9 Å². The zero-order valence-electron chi connectivity index (χ0n) is 14.6. The van der Waals surface area contributed by atoms with Gasteiger partial charge in [-0.1, -0.05) is 41.9 Å². The zero-order chi connectivity index (χ0) is 18.8. The van der Waals surface area contributed by atoms with Gasteiger partial charge in [-0.25, -0.2) is 9.37 Å². The number of rotatable bonds is 6. The third-order valence-electron chi connectivity index (χ3n) is 4.56. The molecule has 1 heterocycles. The van der Waals surface area contributed by atoms with Crippen molar-refractivity contribution in [1.29, 1.82) is 0 Å². The van der Waals surface area contributed by atoms with E-state index in [1.165, 1.54) is 23.5 Å². The molecule has 0 saturated heterocycles. The van der Waals surface area contributed by atoms with Crippen LogP contribution in [-0.4, -0.2) is 21.8 Å². The molecule has 1 aliphatic carbocycles. The summed E-state index contributed by atoms with van der Waals surface area (Å²) in [5, 5.41) is 3.39. The van der Waals surface area contributed by atoms with Gasteiger partial charge in [-0.2, -0.15) is 0 Å². The highest BCUT2D eigenvalue weighted by molar-refractivity contribution is 7.13. The Morgan fingerprint density at radius 1 is 1.19 bits per heavy atom. The SMILES string of the molecule is O=C(Cc1csc(-c2ccccc2Cl)n1)N(Cc1ccc(F)cc1)C1CC1. The molecule has 1 saturated carbocycles. The third-order valence-corrected chi connectivity index (χ3v) is 5.82. The van der Waals surface area contributed by atoms with E-state index in [9.17, 15) is 9.18 Å². The summed E-state index contributed by atoms with van der Waals surface area (Å²) in [6.45, 7) is 0.505. The quantitative estimate of drug-likeness (QED) is 0.559. The summed E-state index contributed by atoms with van der Waals surface area (Å²) in [5.41, 5.74) is 2.57. The molecule has 0 radical (unpaired) electrons. The monoisotopic (exact) mass is 400 g/mol. The van der Waals surface area contributed by atoms with E-state index in [2.05, 4.69) is 4.98 Å². The van der Waals surface area contributed by atoms with Crippen LogP contribution in [0.4, 0.5) is 4.39 Å². The maximum absolute atomic E-state index is 13.1. The van der Waals surface area contributed by atoms with Gasteiger partial charge in [0.25, 0.3) is 0 Å². The van der Waals surface area contributed by atoms with Crippen LogP contribution in [0.3, 0.4) is 0 Å². The van der Waals surface area contributed by atoms with Crippen LogP contribution in [0.5, 0.6) is 0 Å². The molecular weight excluding hydrogens is 383 g/mol. The molecule has 0 aliphatic heterocycles. The van der Waals surface area contributed by atoms with Crippen molar-refractivity contribution in [3.8, 4) is 10.6 Å². The van der Waals surface area contributed by atoms with Crippen molar-refractivity contribution >= 4 is 28.8 Å². The van der Waals surface area contributed by atoms with Crippen LogP contribution < -0.4 is 0 Å². The molecule has 0 N–H and O–H groups in total. The van der Waals surface area contributed by atoms with Gasteiger partial charge in [0, 0.05) is 23.5 Å². The summed E-state index contributed by atoms with van der Waals surface area (Å²) >= 11 is 7.73. The first kappa shape index (κ1) is 18.1. The number of benzene rings is 2. The van der Waals surface area contributed by atoms with Gasteiger partial charge in [-0.05, 0) is 36.6 Å². The fraction of sp³-hybridized carbons (Fsp3) is 0.238. The van der Waals surface area contributed by atoms with Gasteiger partial charge in [0.1, 0.15) is 10.8 Å². The fourth-order valence-corrected chi connectivity index (χ4v) is 4.14. The van der Waals surface area contributed by atoms with Crippen molar-refractivity contribution in [3.63, 3.8) is 0 Å². The van der Waals surface area contributed by atoms with Crippen LogP contribution in [0.15, 0.2) is 53.9 Å². The summed E-state index contributed by atoms with van der Waals surface area (Å²) in [5.74, 6) is -0.213. The van der Waals surface area contributed by atoms with Gasteiger partial charge in [0.15, 0.2) is 0 Å². The number of halogens is 2. The van der Waals surface area contributed by atoms with Gasteiger partial charge in [-0.15, -0.1) is 11.3 Å². The van der Waals surface area contributed by atoms with E-state index < -0.39 is 0 Å². The molecule has 0 spiro atoms. The van der Waals surface area contributed by atoms with Gasteiger partial charge in [0.2, 0.25) is 5.91 Å². The van der Waals surface area contributed by atoms with Crippen LogP contribution in [-0.2, 0) is 17.8 Å². The maximum atomic E-state index is 13.1. The molecule has 0 bridgehead atoms. The second-order valence-electron chi connectivity index (χ2n) is 6.68. The lowest BCUT2D eigenvalue weighted by Crippen LogP contribution is -2.33. The molecule has 3 aromatic rings. The van der Waals surface area contributed by atoms with E-state index in [1.54, 1.807) is 12.1 Å². The molecule has 0 unspecified atom stereocenters. The number of hydrogen-bond donors (Lipinski definition) is 0. The normalized spacial score (nSPS) is 13.6. The predicted molar refractivity (Wildman–Crippen MR) is 106 cm³/mol. The molecule has 4 rings (SSSR count). The average molecular weight is 401 g/mol. The number of carbonyl (C=O) groups excluding carboxylic acids is 1. The van der Waals surface area contributed by atoms with E-state index in [0.717, 1.165) is 34.7 Å². The predicted octanol–water partition coefficient (Wildman–Crippen LogP) is 5.34. The van der Waals surface area contributed by atoms with Crippen molar-refractivity contribution in [2.45, 2.75) is 31.8 Å². The molecule has 2 aromatic carbocycles. The summed E-state index contributed by atoms with van der Waals surface area (Å²) in [4.78, 5) is 19.4. The first-order chi connectivity index (χ1) is 13.1. The number of hydrogen-bond acceptors (Lipinski definition) is 3. The Balaban J connectivity index is 1.47. The summed E-state index contributed by atoms with van der Waals surface area (Å²) in [6.07, 6.45) is 2.31. The topological polar surface area (TPSA) is 33.2 Å². The number of nitrogens with zero attached hydrogens (tertiary/aromatic N) is 2. The van der Waals surface area contributed by atoms with Gasteiger partial charge in [0.05, 0.1) is 17.1 Å². The van der Waals surface area contributed by atoms with Crippen molar-refractivity contribution < 1.29 is 9.18 Å². The molecular formula is C21H18ClFN2OS. The highest BCUT2D eigenvalue weighted by Gasteiger charge is 2.32. The zero-order valence-corrected chi connectivity index (χ0v) is 16.1. The molecule has 1 fully saturated rings. The smallest absolute Gasteiger partial charge is 0.229 e. The molecule has 138 valence electrons. The molecule has 1 aromatic heterocycles. The largest absolute Gasteiger partial charge is 0.335 e. The average Bonchev–Trinajstić information content (AvgIpc) is 3.40. The first-order valence-corrected chi connectivity index (χ1v) is 10.1. The van der Waals surface area contributed by atoms with Crippen LogP contribution in [0.25, 0.3) is 10.6 Å². The second-order valence-corrected chi connectivity index (χ2v) is 7.95. The number of aromatic nitrogens is 1. The van der Waals surface area contributed by atoms with Gasteiger partial charge < -0.3 is 4.90 Å². The van der Waals surface area contributed by atoms with Crippen molar-refractivity contribution in [2.24, 2.45) is 0 Å². The lowest BCUT2D eigenvalue weighted by atomic mass is 10.2. The van der Waals surface area contributed by atoms with Crippen LogP contribution in [0.2, 0.25) is 5.02 Å². The minimum Gasteiger partial charge on any atom is -0.335 e. The van der Waals surface area contributed by atoms with Gasteiger partial charge >= 0.3 is 0 Å². The number of amides is 1. The second kappa shape index (κ2) is 7.79. The van der Waals surface area contributed by atoms with E-state index in [1.807, 2.05) is 34.5 Å². The van der Waals surface area contributed by atoms with Crippen LogP contribution in [0.1, 0.15) is 24.1 Å². The number of thiazole rings is 1. The summed E-state index contributed by atoms with van der Waals surface area (Å²) in [6, 6.07) is 14.2. The summed E-state index contributed by atoms with van der Waals surface area (Å²) in [7, 11) is 0. The van der Waals surface area contributed by atoms with Crippen molar-refractivity contribution in [1.82, 2.24) is 9.88 Å². The molecule has 3 nitrogen and oxygen atoms in total. The first-order valence-electron chi connectivity index (χ1n) is 8.83. The van der Waals surface area contributed by atoms with E-state index in [4.69, 9.17) is 11.6 Å². The number of carbonyl (C=O) groups is 1. The lowest BCUT2D eigenvalue weighted by molar-refractivity contribution is -0.131. The van der Waals surface area contributed by atoms with Gasteiger partial charge in [-0.3, -0.25) is 4.79 Å². The van der Waals surface area contributed by atoms with Crippen LogP contribution in [0, 0.1) is 5.82 Å². The third kappa shape index (κ3) is 4.37. The highest BCUT2D eigenvalue weighted by atomic mass is 35.5. The Labute approximate surface area is 166 Å². The Morgan fingerprint density at radius 2 is 1.93 bits per heavy atom. The Morgan fingerprint density at radius 3 is 2.63 bits per heavy atom. The molecule has 1 aliphatic rings. The standard InChI is InChI=1S/C21H18ClFN2OS/c22-19-4-2-1-3-18(19)21-24-16(13-27-21)11-20(26)25(17-9-10-17)12-14-5-7-15(23)8-6-14/h1-8,13,17H,9-12H2.